The number of nitrogen functional groups attached to an aromatic ring is 1. The van der Waals surface area contributed by atoms with Crippen molar-refractivity contribution in [2.75, 3.05) is 11.1 Å². The van der Waals surface area contributed by atoms with Gasteiger partial charge in [0.25, 0.3) is 0 Å². The predicted molar refractivity (Wildman–Crippen MR) is 105 cm³/mol. The van der Waals surface area contributed by atoms with Gasteiger partial charge in [0, 0.05) is 16.0 Å². The minimum atomic E-state index is -0.371. The fraction of sp³-hybridized carbons (Fsp3) is 0.188. The molecule has 1 amide bonds. The van der Waals surface area contributed by atoms with Gasteiger partial charge < -0.3 is 11.1 Å². The maximum Gasteiger partial charge on any atom is 0.239 e. The first kappa shape index (κ1) is 18.6. The van der Waals surface area contributed by atoms with Gasteiger partial charge >= 0.3 is 0 Å². The Bertz CT molecular complexity index is 919. The number of carbonyl (C=O) groups excluding carboxylic acids is 1. The zero-order valence-electron chi connectivity index (χ0n) is 13.7. The van der Waals surface area contributed by atoms with Crippen LogP contribution in [0.3, 0.4) is 0 Å². The highest BCUT2D eigenvalue weighted by atomic mass is 35.5. The molecule has 0 aliphatic rings. The van der Waals surface area contributed by atoms with Crippen LogP contribution in [0.4, 0.5) is 11.1 Å². The summed E-state index contributed by atoms with van der Waals surface area (Å²) in [7, 11) is 0. The first-order valence-electron chi connectivity index (χ1n) is 7.69. The summed E-state index contributed by atoms with van der Waals surface area (Å²) in [5.74, 6) is -0.0430. The van der Waals surface area contributed by atoms with Gasteiger partial charge in [-0.2, -0.15) is 4.98 Å². The van der Waals surface area contributed by atoms with Crippen LogP contribution in [0.5, 0.6) is 0 Å². The summed E-state index contributed by atoms with van der Waals surface area (Å²) in [6, 6.07) is 7.44. The van der Waals surface area contributed by atoms with Crippen molar-refractivity contribution in [2.24, 2.45) is 0 Å². The number of amides is 1. The quantitative estimate of drug-likeness (QED) is 0.600. The molecule has 3 rings (SSSR count). The van der Waals surface area contributed by atoms with Gasteiger partial charge in [0.15, 0.2) is 10.3 Å². The molecule has 0 fully saturated rings. The van der Waals surface area contributed by atoms with E-state index in [1.54, 1.807) is 6.07 Å². The van der Waals surface area contributed by atoms with Crippen molar-refractivity contribution in [1.29, 1.82) is 0 Å². The number of rotatable bonds is 6. The maximum atomic E-state index is 12.6. The number of carbonyl (C=O) groups is 1. The van der Waals surface area contributed by atoms with E-state index in [-0.39, 0.29) is 17.1 Å². The van der Waals surface area contributed by atoms with Crippen LogP contribution >= 0.6 is 34.7 Å². The van der Waals surface area contributed by atoms with E-state index >= 15 is 0 Å². The molecule has 26 heavy (non-hydrogen) atoms. The average Bonchev–Trinajstić information content (AvgIpc) is 3.08. The van der Waals surface area contributed by atoms with Gasteiger partial charge in [-0.25, -0.2) is 15.0 Å². The maximum absolute atomic E-state index is 12.6. The molecule has 0 radical (unpaired) electrons. The Labute approximate surface area is 163 Å². The first-order valence-corrected chi connectivity index (χ1v) is 9.83. The molecular formula is C16H15ClN6OS2. The van der Waals surface area contributed by atoms with E-state index in [4.69, 9.17) is 17.3 Å². The lowest BCUT2D eigenvalue weighted by Gasteiger charge is -2.12. The Kier molecular flexibility index (Phi) is 6.02. The summed E-state index contributed by atoms with van der Waals surface area (Å²) in [6.45, 7) is 1.92. The molecule has 7 nitrogen and oxygen atoms in total. The first-order chi connectivity index (χ1) is 12.6. The Morgan fingerprint density at radius 2 is 2.15 bits per heavy atom. The van der Waals surface area contributed by atoms with Gasteiger partial charge in [0.2, 0.25) is 11.9 Å². The largest absolute Gasteiger partial charge is 0.368 e. The minimum absolute atomic E-state index is 0.127. The number of nitrogens with zero attached hydrogens (tertiary/aromatic N) is 4. The molecule has 3 N–H and O–H groups in total. The van der Waals surface area contributed by atoms with Crippen molar-refractivity contribution in [3.63, 3.8) is 0 Å². The highest BCUT2D eigenvalue weighted by Gasteiger charge is 2.21. The topological polar surface area (TPSA) is 107 Å². The zero-order chi connectivity index (χ0) is 18.5. The molecule has 0 saturated carbocycles. The second-order valence-electron chi connectivity index (χ2n) is 5.15. The Hall–Kier alpha value is -2.23. The van der Waals surface area contributed by atoms with Crippen molar-refractivity contribution in [2.45, 2.75) is 23.8 Å². The number of aromatic nitrogens is 4. The van der Waals surface area contributed by atoms with E-state index in [0.29, 0.717) is 21.7 Å². The van der Waals surface area contributed by atoms with Crippen LogP contribution < -0.4 is 11.1 Å². The zero-order valence-corrected chi connectivity index (χ0v) is 16.1. The second-order valence-corrected chi connectivity index (χ2v) is 7.58. The molecule has 2 heterocycles. The lowest BCUT2D eigenvalue weighted by Crippen LogP contribution is -2.24. The van der Waals surface area contributed by atoms with Gasteiger partial charge in [0.1, 0.15) is 6.33 Å². The smallest absolute Gasteiger partial charge is 0.239 e. The summed E-state index contributed by atoms with van der Waals surface area (Å²) in [6.07, 6.45) is 1.93. The third-order valence-corrected chi connectivity index (χ3v) is 5.69. The van der Waals surface area contributed by atoms with Crippen LogP contribution in [-0.2, 0) is 4.79 Å². The summed E-state index contributed by atoms with van der Waals surface area (Å²) in [5, 5.41) is 5.87. The van der Waals surface area contributed by atoms with E-state index in [0.717, 1.165) is 11.3 Å². The van der Waals surface area contributed by atoms with E-state index in [1.807, 2.05) is 30.5 Å². The van der Waals surface area contributed by atoms with Crippen molar-refractivity contribution in [3.05, 3.63) is 41.0 Å². The Morgan fingerprint density at radius 3 is 2.88 bits per heavy atom. The molecule has 1 aromatic carbocycles. The molecule has 3 aromatic rings. The molecule has 0 aliphatic carbocycles. The summed E-state index contributed by atoms with van der Waals surface area (Å²) < 4.78 is 0. The number of halogens is 1. The normalized spacial score (nSPS) is 11.9. The van der Waals surface area contributed by atoms with Crippen molar-refractivity contribution >= 4 is 51.7 Å². The molecule has 1 atom stereocenters. The fourth-order valence-corrected chi connectivity index (χ4v) is 3.90. The number of hydrogen-bond donors (Lipinski definition) is 2. The third-order valence-electron chi connectivity index (χ3n) is 3.36. The molecule has 134 valence electrons. The molecule has 0 saturated heterocycles. The molecule has 0 bridgehead atoms. The van der Waals surface area contributed by atoms with Gasteiger partial charge in [-0.15, -0.1) is 11.3 Å². The average molecular weight is 407 g/mol. The standard InChI is InChI=1S/C16H15ClN6OS2/c1-2-12(26-15-20-8-19-14(18)23-15)13(24)22-16-21-11(7-25-16)9-5-3-4-6-10(9)17/h3-8,12H,2H2,1H3,(H,21,22,24)(H2,18,19,20,23). The van der Waals surface area contributed by atoms with Crippen LogP contribution in [0.2, 0.25) is 5.02 Å². The van der Waals surface area contributed by atoms with Crippen LogP contribution in [-0.4, -0.2) is 31.1 Å². The van der Waals surface area contributed by atoms with Gasteiger partial charge in [-0.3, -0.25) is 4.79 Å². The number of anilines is 2. The van der Waals surface area contributed by atoms with Gasteiger partial charge in [0.05, 0.1) is 10.9 Å². The summed E-state index contributed by atoms with van der Waals surface area (Å²) in [4.78, 5) is 28.8. The van der Waals surface area contributed by atoms with Crippen molar-refractivity contribution < 1.29 is 4.79 Å². The van der Waals surface area contributed by atoms with E-state index < -0.39 is 0 Å². The lowest BCUT2D eigenvalue weighted by molar-refractivity contribution is -0.115. The van der Waals surface area contributed by atoms with E-state index in [1.165, 1.54) is 29.4 Å². The number of thioether (sulfide) groups is 1. The van der Waals surface area contributed by atoms with Gasteiger partial charge in [-0.1, -0.05) is 48.5 Å². The monoisotopic (exact) mass is 406 g/mol. The molecule has 0 spiro atoms. The molecule has 2 aromatic heterocycles. The van der Waals surface area contributed by atoms with Crippen molar-refractivity contribution in [3.8, 4) is 11.3 Å². The van der Waals surface area contributed by atoms with E-state index in [2.05, 4.69) is 25.3 Å². The highest BCUT2D eigenvalue weighted by Crippen LogP contribution is 2.31. The number of nitrogens with two attached hydrogens (primary N) is 1. The summed E-state index contributed by atoms with van der Waals surface area (Å²) >= 11 is 8.78. The SMILES string of the molecule is CCC(Sc1ncnc(N)n1)C(=O)Nc1nc(-c2ccccc2Cl)cs1. The van der Waals surface area contributed by atoms with Crippen molar-refractivity contribution in [1.82, 2.24) is 19.9 Å². The molecular weight excluding hydrogens is 392 g/mol. The van der Waals surface area contributed by atoms with Gasteiger partial charge in [-0.05, 0) is 12.5 Å². The fourth-order valence-electron chi connectivity index (χ4n) is 2.11. The lowest BCUT2D eigenvalue weighted by atomic mass is 10.2. The Balaban J connectivity index is 1.70. The second kappa shape index (κ2) is 8.43. The number of benzene rings is 1. The third kappa shape index (κ3) is 4.48. The highest BCUT2D eigenvalue weighted by molar-refractivity contribution is 8.00. The molecule has 0 aliphatic heterocycles. The number of nitrogens with one attached hydrogen (secondary N) is 1. The Morgan fingerprint density at radius 1 is 1.35 bits per heavy atom. The number of thiazole rings is 1. The predicted octanol–water partition coefficient (Wildman–Crippen LogP) is 3.74. The van der Waals surface area contributed by atoms with Crippen LogP contribution in [0.1, 0.15) is 13.3 Å². The number of hydrogen-bond acceptors (Lipinski definition) is 8. The van der Waals surface area contributed by atoms with Crippen LogP contribution in [0.25, 0.3) is 11.3 Å². The minimum Gasteiger partial charge on any atom is -0.368 e. The summed E-state index contributed by atoms with van der Waals surface area (Å²) in [5.41, 5.74) is 7.10. The molecule has 1 unspecified atom stereocenters. The van der Waals surface area contributed by atoms with Crippen LogP contribution in [0, 0.1) is 0 Å². The van der Waals surface area contributed by atoms with Crippen LogP contribution in [0.15, 0.2) is 41.1 Å². The van der Waals surface area contributed by atoms with E-state index in [9.17, 15) is 4.79 Å². The molecule has 10 heteroatoms.